The van der Waals surface area contributed by atoms with Crippen molar-refractivity contribution in [1.29, 1.82) is 0 Å². The van der Waals surface area contributed by atoms with Crippen LogP contribution in [0.2, 0.25) is 0 Å². The zero-order valence-corrected chi connectivity index (χ0v) is 9.11. The summed E-state index contributed by atoms with van der Waals surface area (Å²) in [5.41, 5.74) is 0. The third kappa shape index (κ3) is 4.23. The molecule has 0 aliphatic carbocycles. The Hall–Kier alpha value is -1.06. The van der Waals surface area contributed by atoms with Crippen LogP contribution in [0, 0.1) is 0 Å². The molecule has 0 N–H and O–H groups in total. The van der Waals surface area contributed by atoms with E-state index in [0.29, 0.717) is 0 Å². The average Bonchev–Trinajstić information content (AvgIpc) is 2.08. The maximum absolute atomic E-state index is 12.8. The van der Waals surface area contributed by atoms with Crippen molar-refractivity contribution in [2.75, 3.05) is 0 Å². The average molecular weight is 370 g/mol. The fourth-order valence-corrected chi connectivity index (χ4v) is 0.582. The fourth-order valence-electron chi connectivity index (χ4n) is 0.582. The van der Waals surface area contributed by atoms with Crippen LogP contribution < -0.4 is 0 Å². The molecule has 0 aliphatic heterocycles. The third-order valence-electron chi connectivity index (χ3n) is 1.52. The van der Waals surface area contributed by atoms with Gasteiger partial charge in [-0.15, -0.1) is 0 Å². The summed E-state index contributed by atoms with van der Waals surface area (Å²) in [5, 5.41) is 0. The van der Waals surface area contributed by atoms with Crippen LogP contribution >= 0.6 is 0 Å². The first-order valence-corrected chi connectivity index (χ1v) is 4.21. The fraction of sp³-hybridized carbons (Fsp3) is 1.00. The Labute approximate surface area is 109 Å². The summed E-state index contributed by atoms with van der Waals surface area (Å²) in [7, 11) is 0. The molecule has 0 saturated heterocycles. The van der Waals surface area contributed by atoms with Gasteiger partial charge in [0.05, 0.1) is 0 Å². The summed E-state index contributed by atoms with van der Waals surface area (Å²) < 4.78 is 169. The first-order chi connectivity index (χ1) is 9.16. The van der Waals surface area contributed by atoms with Gasteiger partial charge < -0.3 is 0 Å². The standard InChI is InChI=1S/C6F14O2/c7-1(8,9)4(16,17)21-6(20,3(13,14)15)22-5(18,19)2(10,11)12. The van der Waals surface area contributed by atoms with E-state index in [1.165, 1.54) is 9.47 Å². The molecule has 2 nitrogen and oxygen atoms in total. The predicted molar refractivity (Wildman–Crippen MR) is 34.1 cm³/mol. The molecule has 0 aliphatic rings. The second kappa shape index (κ2) is 5.24. The number of alkyl halides is 14. The lowest BCUT2D eigenvalue weighted by atomic mass is 10.5. The molecule has 0 aromatic heterocycles. The largest absolute Gasteiger partial charge is 0.483 e. The van der Waals surface area contributed by atoms with Gasteiger partial charge in [0.2, 0.25) is 0 Å². The Kier molecular flexibility index (Phi) is 4.99. The normalized spacial score (nSPS) is 16.1. The first kappa shape index (κ1) is 20.9. The molecule has 0 saturated carbocycles. The van der Waals surface area contributed by atoms with Gasteiger partial charge in [-0.1, -0.05) is 0 Å². The highest BCUT2D eigenvalue weighted by atomic mass is 19.4. The Morgan fingerprint density at radius 3 is 0.727 bits per heavy atom. The molecule has 0 aromatic carbocycles. The van der Waals surface area contributed by atoms with E-state index in [4.69, 9.17) is 0 Å². The summed E-state index contributed by atoms with van der Waals surface area (Å²) in [6.07, 6.45) is -35.6. The van der Waals surface area contributed by atoms with Gasteiger partial charge in [-0.2, -0.15) is 61.5 Å². The lowest BCUT2D eigenvalue weighted by Crippen LogP contribution is -2.58. The quantitative estimate of drug-likeness (QED) is 0.536. The van der Waals surface area contributed by atoms with Crippen molar-refractivity contribution in [2.24, 2.45) is 0 Å². The van der Waals surface area contributed by atoms with Gasteiger partial charge in [-0.3, -0.25) is 0 Å². The number of hydrogen-bond acceptors (Lipinski definition) is 2. The van der Waals surface area contributed by atoms with Crippen LogP contribution in [0.1, 0.15) is 0 Å². The van der Waals surface area contributed by atoms with E-state index in [9.17, 15) is 61.5 Å². The highest BCUT2D eigenvalue weighted by Gasteiger charge is 2.76. The van der Waals surface area contributed by atoms with Gasteiger partial charge in [-0.05, 0) is 0 Å². The Morgan fingerprint density at radius 1 is 0.364 bits per heavy atom. The SMILES string of the molecule is FC(F)(F)C(F)(F)OC(F)(OC(F)(F)C(F)(F)F)C(F)(F)F. The van der Waals surface area contributed by atoms with Crippen LogP contribution in [-0.4, -0.2) is 36.8 Å². The minimum absolute atomic E-state index is 1.43. The maximum Gasteiger partial charge on any atom is 0.483 e. The van der Waals surface area contributed by atoms with E-state index in [-0.39, 0.29) is 0 Å². The van der Waals surface area contributed by atoms with Gasteiger partial charge in [0.15, 0.2) is 0 Å². The van der Waals surface area contributed by atoms with Gasteiger partial charge in [0.25, 0.3) is 0 Å². The van der Waals surface area contributed by atoms with Gasteiger partial charge in [-0.25, -0.2) is 9.47 Å². The number of halogens is 14. The third-order valence-corrected chi connectivity index (χ3v) is 1.52. The Bertz CT molecular complexity index is 360. The maximum atomic E-state index is 12.8. The first-order valence-electron chi connectivity index (χ1n) is 4.21. The van der Waals surface area contributed by atoms with E-state index in [2.05, 4.69) is 0 Å². The second-order valence-corrected chi connectivity index (χ2v) is 3.27. The second-order valence-electron chi connectivity index (χ2n) is 3.27. The van der Waals surface area contributed by atoms with E-state index in [1.807, 2.05) is 0 Å². The van der Waals surface area contributed by atoms with Gasteiger partial charge in [0, 0.05) is 0 Å². The number of rotatable bonds is 4. The molecule has 0 heterocycles. The van der Waals surface area contributed by atoms with Crippen molar-refractivity contribution < 1.29 is 70.9 Å². The molecule has 0 radical (unpaired) electrons. The van der Waals surface area contributed by atoms with Crippen LogP contribution in [-0.2, 0) is 9.47 Å². The highest BCUT2D eigenvalue weighted by Crippen LogP contribution is 2.50. The zero-order chi connectivity index (χ0) is 18.4. The molecule has 0 atom stereocenters. The van der Waals surface area contributed by atoms with Crippen molar-refractivity contribution in [3.8, 4) is 0 Å². The molecule has 0 bridgehead atoms. The van der Waals surface area contributed by atoms with Crippen LogP contribution in [0.5, 0.6) is 0 Å². The van der Waals surface area contributed by atoms with E-state index < -0.39 is 36.8 Å². The molecule has 0 unspecified atom stereocenters. The van der Waals surface area contributed by atoms with Crippen molar-refractivity contribution >= 4 is 0 Å². The summed E-state index contributed by atoms with van der Waals surface area (Å²) >= 11 is 0. The topological polar surface area (TPSA) is 18.5 Å². The minimum atomic E-state index is -7.27. The Morgan fingerprint density at radius 2 is 0.591 bits per heavy atom. The van der Waals surface area contributed by atoms with Gasteiger partial charge >= 0.3 is 36.8 Å². The van der Waals surface area contributed by atoms with Crippen molar-refractivity contribution in [3.05, 3.63) is 0 Å². The van der Waals surface area contributed by atoms with Crippen LogP contribution in [0.4, 0.5) is 61.5 Å². The van der Waals surface area contributed by atoms with Crippen molar-refractivity contribution in [3.63, 3.8) is 0 Å². The van der Waals surface area contributed by atoms with Crippen molar-refractivity contribution in [2.45, 2.75) is 36.8 Å². The summed E-state index contributed by atoms with van der Waals surface area (Å²) in [4.78, 5) is 0. The van der Waals surface area contributed by atoms with Crippen molar-refractivity contribution in [1.82, 2.24) is 0 Å². The molecular formula is C6F14O2. The molecular weight excluding hydrogens is 370 g/mol. The highest BCUT2D eigenvalue weighted by molar-refractivity contribution is 4.77. The molecule has 0 fully saturated rings. The molecule has 22 heavy (non-hydrogen) atoms. The number of hydrogen-bond donors (Lipinski definition) is 0. The molecule has 0 rings (SSSR count). The van der Waals surface area contributed by atoms with E-state index >= 15 is 0 Å². The molecule has 0 aromatic rings. The Balaban J connectivity index is 5.76. The summed E-state index contributed by atoms with van der Waals surface area (Å²) in [6.45, 7) is 0. The zero-order valence-electron chi connectivity index (χ0n) is 9.11. The molecule has 0 amide bonds. The summed E-state index contributed by atoms with van der Waals surface area (Å²) in [5.74, 6) is 0. The van der Waals surface area contributed by atoms with Crippen LogP contribution in [0.15, 0.2) is 0 Å². The number of ether oxygens (including phenoxy) is 2. The lowest BCUT2D eigenvalue weighted by molar-refractivity contribution is -0.573. The molecule has 16 heteroatoms. The summed E-state index contributed by atoms with van der Waals surface area (Å²) in [6, 6.07) is -7.12. The smallest absolute Gasteiger partial charge is 0.244 e. The van der Waals surface area contributed by atoms with Crippen LogP contribution in [0.25, 0.3) is 0 Å². The van der Waals surface area contributed by atoms with Crippen LogP contribution in [0.3, 0.4) is 0 Å². The van der Waals surface area contributed by atoms with Gasteiger partial charge in [0.1, 0.15) is 0 Å². The van der Waals surface area contributed by atoms with E-state index in [1.54, 1.807) is 0 Å². The van der Waals surface area contributed by atoms with E-state index in [0.717, 1.165) is 0 Å². The monoisotopic (exact) mass is 370 g/mol. The predicted octanol–water partition coefficient (Wildman–Crippen LogP) is 4.52. The molecule has 0 spiro atoms. The lowest BCUT2D eigenvalue weighted by Gasteiger charge is -2.34. The minimum Gasteiger partial charge on any atom is -0.244 e. The molecule has 134 valence electrons.